The van der Waals surface area contributed by atoms with Gasteiger partial charge in [0, 0.05) is 5.69 Å². The molecule has 2 aromatic rings. The molecular formula is C16H23N5OS. The first-order valence-corrected chi connectivity index (χ1v) is 8.88. The number of carbonyl (C=O) groups excluding carboxylic acids is 1. The second-order valence-corrected chi connectivity index (χ2v) is 6.58. The number of thioether (sulfide) groups is 1. The molecule has 1 N–H and O–H groups in total. The maximum absolute atomic E-state index is 12.0. The van der Waals surface area contributed by atoms with Crippen molar-refractivity contribution in [3.05, 3.63) is 29.8 Å². The van der Waals surface area contributed by atoms with Crippen molar-refractivity contribution in [2.24, 2.45) is 0 Å². The molecule has 0 unspecified atom stereocenters. The van der Waals surface area contributed by atoms with Crippen LogP contribution in [0.4, 0.5) is 5.69 Å². The van der Waals surface area contributed by atoms with Gasteiger partial charge in [0.15, 0.2) is 0 Å². The van der Waals surface area contributed by atoms with E-state index in [0.717, 1.165) is 12.1 Å². The zero-order valence-corrected chi connectivity index (χ0v) is 14.6. The van der Waals surface area contributed by atoms with Gasteiger partial charge in [-0.1, -0.05) is 37.2 Å². The molecule has 0 aliphatic carbocycles. The summed E-state index contributed by atoms with van der Waals surface area (Å²) < 4.78 is 1.71. The molecule has 0 bridgehead atoms. The van der Waals surface area contributed by atoms with E-state index >= 15 is 0 Å². The van der Waals surface area contributed by atoms with Crippen LogP contribution in [-0.2, 0) is 11.2 Å². The van der Waals surface area contributed by atoms with Crippen molar-refractivity contribution in [3.63, 3.8) is 0 Å². The first kappa shape index (κ1) is 17.5. The van der Waals surface area contributed by atoms with Gasteiger partial charge in [0.2, 0.25) is 11.1 Å². The highest BCUT2D eigenvalue weighted by atomic mass is 32.2. The molecule has 0 aliphatic rings. The van der Waals surface area contributed by atoms with Gasteiger partial charge in [-0.05, 0) is 54.8 Å². The molecule has 1 heterocycles. The largest absolute Gasteiger partial charge is 0.325 e. The Balaban J connectivity index is 1.83. The molecule has 0 radical (unpaired) electrons. The average Bonchev–Trinajstić information content (AvgIpc) is 3.01. The number of unbranched alkanes of at least 4 members (excludes halogenated alkanes) is 1. The summed E-state index contributed by atoms with van der Waals surface area (Å²) in [6.07, 6.45) is 3.46. The molecule has 0 aliphatic heterocycles. The predicted octanol–water partition coefficient (Wildman–Crippen LogP) is 3.33. The number of hydrogen-bond acceptors (Lipinski definition) is 5. The van der Waals surface area contributed by atoms with Gasteiger partial charge in [0.1, 0.15) is 0 Å². The maximum Gasteiger partial charge on any atom is 0.234 e. The minimum absolute atomic E-state index is 0.0605. The lowest BCUT2D eigenvalue weighted by atomic mass is 10.1. The van der Waals surface area contributed by atoms with Crippen molar-refractivity contribution in [1.29, 1.82) is 0 Å². The van der Waals surface area contributed by atoms with Gasteiger partial charge in [-0.15, -0.1) is 5.10 Å². The van der Waals surface area contributed by atoms with E-state index in [-0.39, 0.29) is 17.7 Å². The van der Waals surface area contributed by atoms with Crippen molar-refractivity contribution in [2.45, 2.75) is 51.2 Å². The molecule has 0 saturated heterocycles. The lowest BCUT2D eigenvalue weighted by Gasteiger charge is -2.08. The van der Waals surface area contributed by atoms with Crippen LogP contribution in [0.15, 0.2) is 29.4 Å². The number of carbonyl (C=O) groups is 1. The summed E-state index contributed by atoms with van der Waals surface area (Å²) in [4.78, 5) is 12.0. The van der Waals surface area contributed by atoms with E-state index in [1.165, 1.54) is 30.2 Å². The smallest absolute Gasteiger partial charge is 0.234 e. The van der Waals surface area contributed by atoms with Gasteiger partial charge in [0.05, 0.1) is 11.8 Å². The standard InChI is InChI=1S/C16H23N5OS/c1-4-5-6-13-7-9-14(10-8-13)17-15(22)11-23-16-18-19-20-21(16)12(2)3/h7-10,12H,4-6,11H2,1-3H3,(H,17,22). The Hall–Kier alpha value is -1.89. The first-order valence-electron chi connectivity index (χ1n) is 7.89. The van der Waals surface area contributed by atoms with E-state index in [1.807, 2.05) is 26.0 Å². The van der Waals surface area contributed by atoms with E-state index < -0.39 is 0 Å². The summed E-state index contributed by atoms with van der Waals surface area (Å²) in [5.41, 5.74) is 2.12. The minimum atomic E-state index is -0.0605. The van der Waals surface area contributed by atoms with Crippen LogP contribution < -0.4 is 5.32 Å². The highest BCUT2D eigenvalue weighted by Gasteiger charge is 2.12. The molecule has 0 atom stereocenters. The molecule has 23 heavy (non-hydrogen) atoms. The van der Waals surface area contributed by atoms with E-state index in [9.17, 15) is 4.79 Å². The van der Waals surface area contributed by atoms with Gasteiger partial charge in [-0.2, -0.15) is 0 Å². The van der Waals surface area contributed by atoms with Gasteiger partial charge >= 0.3 is 0 Å². The Bertz CT molecular complexity index is 624. The topological polar surface area (TPSA) is 72.7 Å². The normalized spacial score (nSPS) is 11.0. The van der Waals surface area contributed by atoms with Crippen LogP contribution in [0.3, 0.4) is 0 Å². The number of amides is 1. The van der Waals surface area contributed by atoms with Crippen LogP contribution >= 0.6 is 11.8 Å². The van der Waals surface area contributed by atoms with Crippen LogP contribution in [0.25, 0.3) is 0 Å². The number of nitrogens with zero attached hydrogens (tertiary/aromatic N) is 4. The highest BCUT2D eigenvalue weighted by Crippen LogP contribution is 2.18. The Morgan fingerprint density at radius 3 is 2.70 bits per heavy atom. The lowest BCUT2D eigenvalue weighted by molar-refractivity contribution is -0.113. The van der Waals surface area contributed by atoms with Crippen LogP contribution in [0.1, 0.15) is 45.2 Å². The van der Waals surface area contributed by atoms with E-state index in [2.05, 4.69) is 39.9 Å². The van der Waals surface area contributed by atoms with Crippen molar-refractivity contribution in [3.8, 4) is 0 Å². The molecule has 1 aromatic heterocycles. The molecule has 2 rings (SSSR count). The number of aryl methyl sites for hydroxylation is 1. The van der Waals surface area contributed by atoms with Crippen molar-refractivity contribution < 1.29 is 4.79 Å². The Morgan fingerprint density at radius 2 is 2.04 bits per heavy atom. The second kappa shape index (κ2) is 8.67. The van der Waals surface area contributed by atoms with Crippen LogP contribution in [0, 0.1) is 0 Å². The first-order chi connectivity index (χ1) is 11.1. The quantitative estimate of drug-likeness (QED) is 0.750. The number of aromatic nitrogens is 4. The van der Waals surface area contributed by atoms with Gasteiger partial charge in [-0.3, -0.25) is 4.79 Å². The van der Waals surface area contributed by atoms with Crippen LogP contribution in [0.5, 0.6) is 0 Å². The fourth-order valence-corrected chi connectivity index (χ4v) is 2.87. The van der Waals surface area contributed by atoms with Gasteiger partial charge in [0.25, 0.3) is 0 Å². The molecular weight excluding hydrogens is 310 g/mol. The van der Waals surface area contributed by atoms with E-state index in [4.69, 9.17) is 0 Å². The predicted molar refractivity (Wildman–Crippen MR) is 92.6 cm³/mol. The molecule has 0 fully saturated rings. The average molecular weight is 333 g/mol. The Labute approximate surface area is 141 Å². The van der Waals surface area contributed by atoms with Crippen molar-refractivity contribution in [1.82, 2.24) is 20.2 Å². The SMILES string of the molecule is CCCCc1ccc(NC(=O)CSc2nnnn2C(C)C)cc1. The third-order valence-corrected chi connectivity index (χ3v) is 4.27. The molecule has 7 heteroatoms. The van der Waals surface area contributed by atoms with Crippen LogP contribution in [0.2, 0.25) is 0 Å². The third kappa shape index (κ3) is 5.35. The molecule has 0 saturated carbocycles. The molecule has 1 amide bonds. The number of nitrogens with one attached hydrogen (secondary N) is 1. The molecule has 124 valence electrons. The van der Waals surface area contributed by atoms with Crippen molar-refractivity contribution >= 4 is 23.4 Å². The summed E-state index contributed by atoms with van der Waals surface area (Å²) in [6.45, 7) is 6.18. The lowest BCUT2D eigenvalue weighted by Crippen LogP contribution is -2.15. The van der Waals surface area contributed by atoms with Gasteiger partial charge < -0.3 is 5.32 Å². The minimum Gasteiger partial charge on any atom is -0.325 e. The molecule has 1 aromatic carbocycles. The zero-order valence-electron chi connectivity index (χ0n) is 13.8. The monoisotopic (exact) mass is 333 g/mol. The number of anilines is 1. The van der Waals surface area contributed by atoms with Crippen LogP contribution in [-0.4, -0.2) is 31.9 Å². The maximum atomic E-state index is 12.0. The number of hydrogen-bond donors (Lipinski definition) is 1. The van der Waals surface area contributed by atoms with E-state index in [1.54, 1.807) is 4.68 Å². The second-order valence-electron chi connectivity index (χ2n) is 5.64. The highest BCUT2D eigenvalue weighted by molar-refractivity contribution is 7.99. The summed E-state index contributed by atoms with van der Waals surface area (Å²) in [5.74, 6) is 0.222. The summed E-state index contributed by atoms with van der Waals surface area (Å²) in [6, 6.07) is 8.21. The molecule has 6 nitrogen and oxygen atoms in total. The summed E-state index contributed by atoms with van der Waals surface area (Å²) >= 11 is 1.34. The number of benzene rings is 1. The summed E-state index contributed by atoms with van der Waals surface area (Å²) in [5, 5.41) is 15.1. The Morgan fingerprint density at radius 1 is 1.30 bits per heavy atom. The fraction of sp³-hybridized carbons (Fsp3) is 0.500. The third-order valence-electron chi connectivity index (χ3n) is 3.34. The molecule has 0 spiro atoms. The van der Waals surface area contributed by atoms with Gasteiger partial charge in [-0.25, -0.2) is 4.68 Å². The Kier molecular flexibility index (Phi) is 6.58. The number of rotatable bonds is 8. The fourth-order valence-electron chi connectivity index (χ4n) is 2.07. The summed E-state index contributed by atoms with van der Waals surface area (Å²) in [7, 11) is 0. The van der Waals surface area contributed by atoms with Crippen molar-refractivity contribution in [2.75, 3.05) is 11.1 Å². The zero-order chi connectivity index (χ0) is 16.7. The number of tetrazole rings is 1. The van der Waals surface area contributed by atoms with E-state index in [0.29, 0.717) is 5.16 Å².